The molecule has 0 bridgehead atoms. The molecule has 2 aliphatic rings. The summed E-state index contributed by atoms with van der Waals surface area (Å²) in [5.74, 6) is 0.370. The van der Waals surface area contributed by atoms with Crippen LogP contribution < -0.4 is 5.32 Å². The van der Waals surface area contributed by atoms with Crippen molar-refractivity contribution in [2.45, 2.75) is 44.6 Å². The van der Waals surface area contributed by atoms with Gasteiger partial charge in [0.2, 0.25) is 0 Å². The number of likely N-dealkylation sites (tertiary alicyclic amines) is 1. The zero-order valence-electron chi connectivity index (χ0n) is 16.2. The van der Waals surface area contributed by atoms with Crippen molar-refractivity contribution in [2.24, 2.45) is 5.92 Å². The highest BCUT2D eigenvalue weighted by atomic mass is 35.5. The van der Waals surface area contributed by atoms with Gasteiger partial charge >= 0.3 is 0 Å². The average Bonchev–Trinajstić information content (AvgIpc) is 2.73. The number of anilines is 1. The first-order valence-corrected chi connectivity index (χ1v) is 11.0. The van der Waals surface area contributed by atoms with Crippen LogP contribution in [0.3, 0.4) is 0 Å². The van der Waals surface area contributed by atoms with Crippen LogP contribution in [0.4, 0.5) is 5.69 Å². The number of rotatable bonds is 3. The van der Waals surface area contributed by atoms with Gasteiger partial charge in [-0.25, -0.2) is 0 Å². The molecule has 152 valence electrons. The number of halogens is 2. The highest BCUT2D eigenvalue weighted by Crippen LogP contribution is 2.36. The second-order valence-electron chi connectivity index (χ2n) is 7.88. The summed E-state index contributed by atoms with van der Waals surface area (Å²) in [5.41, 5.74) is 1.49. The second kappa shape index (κ2) is 8.76. The van der Waals surface area contributed by atoms with E-state index in [1.807, 2.05) is 0 Å². The smallest absolute Gasteiger partial charge is 0.258 e. The molecule has 2 amide bonds. The largest absolute Gasteiger partial charge is 0.335 e. The second-order valence-corrected chi connectivity index (χ2v) is 8.70. The topological polar surface area (TPSA) is 49.4 Å². The quantitative estimate of drug-likeness (QED) is 0.644. The van der Waals surface area contributed by atoms with E-state index in [9.17, 15) is 9.59 Å². The predicted molar refractivity (Wildman–Crippen MR) is 117 cm³/mol. The van der Waals surface area contributed by atoms with Gasteiger partial charge in [-0.1, -0.05) is 42.1 Å². The minimum Gasteiger partial charge on any atom is -0.335 e. The number of nitrogens with one attached hydrogen (secondary N) is 1. The van der Waals surface area contributed by atoms with Gasteiger partial charge in [-0.15, -0.1) is 0 Å². The Bertz CT molecular complexity index is 891. The van der Waals surface area contributed by atoms with Gasteiger partial charge in [-0.2, -0.15) is 0 Å². The molecule has 1 saturated heterocycles. The van der Waals surface area contributed by atoms with E-state index >= 15 is 0 Å². The Morgan fingerprint density at radius 1 is 0.897 bits per heavy atom. The van der Waals surface area contributed by atoms with Crippen molar-refractivity contribution < 1.29 is 9.59 Å². The number of piperidine rings is 1. The van der Waals surface area contributed by atoms with E-state index in [1.54, 1.807) is 42.5 Å². The third-order valence-corrected chi connectivity index (χ3v) is 6.71. The Balaban J connectivity index is 1.46. The third-order valence-electron chi connectivity index (χ3n) is 6.08. The van der Waals surface area contributed by atoms with E-state index in [1.165, 1.54) is 25.7 Å². The van der Waals surface area contributed by atoms with E-state index in [0.717, 1.165) is 19.4 Å². The summed E-state index contributed by atoms with van der Waals surface area (Å²) in [5, 5.41) is 3.40. The first-order valence-electron chi connectivity index (χ1n) is 10.2. The van der Waals surface area contributed by atoms with Gasteiger partial charge in [0.25, 0.3) is 11.8 Å². The van der Waals surface area contributed by atoms with Crippen molar-refractivity contribution in [3.8, 4) is 0 Å². The van der Waals surface area contributed by atoms with E-state index < -0.39 is 0 Å². The van der Waals surface area contributed by atoms with Gasteiger partial charge in [0.15, 0.2) is 0 Å². The van der Waals surface area contributed by atoms with Gasteiger partial charge < -0.3 is 10.2 Å². The number of carbonyl (C=O) groups is 2. The maximum absolute atomic E-state index is 13.1. The van der Waals surface area contributed by atoms with Crippen molar-refractivity contribution >= 4 is 40.7 Å². The molecule has 29 heavy (non-hydrogen) atoms. The van der Waals surface area contributed by atoms with Gasteiger partial charge in [0, 0.05) is 23.8 Å². The van der Waals surface area contributed by atoms with Gasteiger partial charge in [0.1, 0.15) is 0 Å². The molecule has 2 fully saturated rings. The lowest BCUT2D eigenvalue weighted by atomic mass is 9.78. The maximum atomic E-state index is 13.1. The molecule has 0 spiro atoms. The summed E-state index contributed by atoms with van der Waals surface area (Å²) < 4.78 is 0. The normalized spacial score (nSPS) is 21.4. The summed E-state index contributed by atoms with van der Waals surface area (Å²) >= 11 is 12.2. The lowest BCUT2D eigenvalue weighted by Gasteiger charge is -2.44. The summed E-state index contributed by atoms with van der Waals surface area (Å²) in [7, 11) is 0. The first kappa shape index (κ1) is 20.2. The minimum absolute atomic E-state index is 0.0913. The molecular weight excluding hydrogens is 407 g/mol. The van der Waals surface area contributed by atoms with E-state index in [-0.39, 0.29) is 17.4 Å². The molecule has 1 N–H and O–H groups in total. The first-order chi connectivity index (χ1) is 14.0. The summed E-state index contributed by atoms with van der Waals surface area (Å²) in [6.07, 6.45) is 7.17. The SMILES string of the molecule is O=C(Nc1ccc(C(=O)N2CCC[C@@H]3CCCC[C@@H]32)cc1)c1c(Cl)cccc1Cl. The molecule has 1 aliphatic carbocycles. The van der Waals surface area contributed by atoms with Crippen LogP contribution in [0.15, 0.2) is 42.5 Å². The Morgan fingerprint density at radius 3 is 2.28 bits per heavy atom. The zero-order valence-corrected chi connectivity index (χ0v) is 17.7. The number of hydrogen-bond acceptors (Lipinski definition) is 2. The number of fused-ring (bicyclic) bond motifs is 1. The van der Waals surface area contributed by atoms with Crippen molar-refractivity contribution in [3.05, 3.63) is 63.6 Å². The van der Waals surface area contributed by atoms with E-state index in [0.29, 0.717) is 33.3 Å². The van der Waals surface area contributed by atoms with Crippen molar-refractivity contribution in [1.29, 1.82) is 0 Å². The predicted octanol–water partition coefficient (Wildman–Crippen LogP) is 6.04. The Labute approximate surface area is 181 Å². The molecular formula is C23H24Cl2N2O2. The Hall–Kier alpha value is -2.04. The van der Waals surface area contributed by atoms with Crippen LogP contribution in [0.1, 0.15) is 59.2 Å². The van der Waals surface area contributed by atoms with E-state index in [4.69, 9.17) is 23.2 Å². The van der Waals surface area contributed by atoms with Crippen molar-refractivity contribution in [3.63, 3.8) is 0 Å². The molecule has 2 aromatic carbocycles. The van der Waals surface area contributed by atoms with Gasteiger partial charge in [0.05, 0.1) is 15.6 Å². The lowest BCUT2D eigenvalue weighted by Crippen LogP contribution is -2.49. The Kier molecular flexibility index (Phi) is 6.12. The highest BCUT2D eigenvalue weighted by Gasteiger charge is 2.35. The third kappa shape index (κ3) is 4.29. The van der Waals surface area contributed by atoms with Crippen LogP contribution in [-0.4, -0.2) is 29.3 Å². The van der Waals surface area contributed by atoms with Gasteiger partial charge in [-0.3, -0.25) is 9.59 Å². The molecule has 1 aliphatic heterocycles. The van der Waals surface area contributed by atoms with Crippen LogP contribution in [0, 0.1) is 5.92 Å². The summed E-state index contributed by atoms with van der Waals surface area (Å²) in [6.45, 7) is 0.837. The standard InChI is InChI=1S/C23H24Cl2N2O2/c24-18-7-3-8-19(25)21(18)22(28)26-17-12-10-16(11-13-17)23(29)27-14-4-6-15-5-1-2-9-20(15)27/h3,7-8,10-13,15,20H,1-2,4-6,9,14H2,(H,26,28)/t15-,20-/m0/s1. The van der Waals surface area contributed by atoms with Crippen LogP contribution in [0.5, 0.6) is 0 Å². The zero-order chi connectivity index (χ0) is 20.4. The van der Waals surface area contributed by atoms with Gasteiger partial charge in [-0.05, 0) is 68.0 Å². The molecule has 4 nitrogen and oxygen atoms in total. The average molecular weight is 431 g/mol. The molecule has 0 unspecified atom stereocenters. The molecule has 0 radical (unpaired) electrons. The number of hydrogen-bond donors (Lipinski definition) is 1. The summed E-state index contributed by atoms with van der Waals surface area (Å²) in [4.78, 5) is 27.7. The molecule has 4 rings (SSSR count). The minimum atomic E-state index is -0.374. The number of carbonyl (C=O) groups excluding carboxylic acids is 2. The lowest BCUT2D eigenvalue weighted by molar-refractivity contribution is 0.0390. The Morgan fingerprint density at radius 2 is 1.55 bits per heavy atom. The monoisotopic (exact) mass is 430 g/mol. The van der Waals surface area contributed by atoms with Crippen LogP contribution in [0.25, 0.3) is 0 Å². The maximum Gasteiger partial charge on any atom is 0.258 e. The van der Waals surface area contributed by atoms with Crippen molar-refractivity contribution in [2.75, 3.05) is 11.9 Å². The molecule has 1 saturated carbocycles. The molecule has 2 aromatic rings. The van der Waals surface area contributed by atoms with Crippen LogP contribution in [0.2, 0.25) is 10.0 Å². The fourth-order valence-corrected chi connectivity index (χ4v) is 5.22. The fourth-order valence-electron chi connectivity index (χ4n) is 4.65. The number of amides is 2. The number of nitrogens with zero attached hydrogens (tertiary/aromatic N) is 1. The fraction of sp³-hybridized carbons (Fsp3) is 0.391. The molecule has 2 atom stereocenters. The molecule has 6 heteroatoms. The van der Waals surface area contributed by atoms with Crippen LogP contribution >= 0.6 is 23.2 Å². The van der Waals surface area contributed by atoms with Crippen molar-refractivity contribution in [1.82, 2.24) is 4.90 Å². The molecule has 1 heterocycles. The number of benzene rings is 2. The summed E-state index contributed by atoms with van der Waals surface area (Å²) in [6, 6.07) is 12.4. The van der Waals surface area contributed by atoms with Crippen LogP contribution in [-0.2, 0) is 0 Å². The molecule has 0 aromatic heterocycles. The van der Waals surface area contributed by atoms with E-state index in [2.05, 4.69) is 10.2 Å². The highest BCUT2D eigenvalue weighted by molar-refractivity contribution is 6.40.